The van der Waals surface area contributed by atoms with Crippen molar-refractivity contribution in [1.82, 2.24) is 5.09 Å². The molecule has 0 saturated carbocycles. The van der Waals surface area contributed by atoms with Gasteiger partial charge in [0.25, 0.3) is 0 Å². The van der Waals surface area contributed by atoms with Crippen LogP contribution in [0.25, 0.3) is 0 Å². The molecule has 26 heavy (non-hydrogen) atoms. The maximum Gasteiger partial charge on any atom is 0.353 e. The molecule has 0 amide bonds. The molecule has 0 aromatic heterocycles. The van der Waals surface area contributed by atoms with Gasteiger partial charge in [-0.05, 0) is 12.1 Å². The number of aliphatic carboxylic acids is 1. The second-order valence-electron chi connectivity index (χ2n) is 4.93. The van der Waals surface area contributed by atoms with Crippen LogP contribution in [0, 0.1) is 29.1 Å². The summed E-state index contributed by atoms with van der Waals surface area (Å²) in [5.41, 5.74) is 0. The van der Waals surface area contributed by atoms with Crippen molar-refractivity contribution >= 4 is 18.8 Å². The maximum atomic E-state index is 14.1. The molecule has 140 valence electrons. The molecule has 2 aromatic rings. The van der Waals surface area contributed by atoms with Crippen LogP contribution in [0.5, 0.6) is 5.75 Å². The molecule has 0 radical (unpaired) electrons. The largest absolute Gasteiger partial charge is 0.481 e. The minimum Gasteiger partial charge on any atom is -0.481 e. The highest BCUT2D eigenvalue weighted by molar-refractivity contribution is 7.65. The van der Waals surface area contributed by atoms with E-state index in [-0.39, 0.29) is 5.75 Å². The van der Waals surface area contributed by atoms with Gasteiger partial charge in [-0.2, -0.15) is 0 Å². The smallest absolute Gasteiger partial charge is 0.353 e. The van der Waals surface area contributed by atoms with Crippen LogP contribution in [0.2, 0.25) is 0 Å². The fraction of sp³-hybridized carbons (Fsp3) is 0.133. The number of hydrogen-bond donors (Lipinski definition) is 2. The second kappa shape index (κ2) is 7.84. The van der Waals surface area contributed by atoms with Crippen molar-refractivity contribution in [2.24, 2.45) is 0 Å². The molecule has 0 bridgehead atoms. The first kappa shape index (κ1) is 19.9. The van der Waals surface area contributed by atoms with Gasteiger partial charge in [0.15, 0.2) is 23.3 Å². The average Bonchev–Trinajstić information content (AvgIpc) is 2.59. The molecule has 1 atom stereocenters. The zero-order valence-corrected chi connectivity index (χ0v) is 13.7. The Labute approximate surface area is 143 Å². The SMILES string of the molecule is O=C(O)CCNP(=O)(Oc1ccccc1)c1c(F)c(F)c(F)c(F)c1F. The fourth-order valence-corrected chi connectivity index (χ4v) is 3.80. The quantitative estimate of drug-likeness (QED) is 0.326. The van der Waals surface area contributed by atoms with Crippen molar-refractivity contribution < 1.29 is 40.9 Å². The van der Waals surface area contributed by atoms with E-state index in [9.17, 15) is 31.3 Å². The van der Waals surface area contributed by atoms with Crippen LogP contribution in [0.1, 0.15) is 6.42 Å². The first-order valence-electron chi connectivity index (χ1n) is 7.01. The summed E-state index contributed by atoms with van der Waals surface area (Å²) in [6.07, 6.45) is -0.641. The first-order chi connectivity index (χ1) is 12.2. The van der Waals surface area contributed by atoms with Crippen molar-refractivity contribution in [3.05, 3.63) is 59.4 Å². The van der Waals surface area contributed by atoms with Crippen LogP contribution >= 0.6 is 7.52 Å². The predicted molar refractivity (Wildman–Crippen MR) is 80.8 cm³/mol. The van der Waals surface area contributed by atoms with E-state index in [0.717, 1.165) is 0 Å². The lowest BCUT2D eigenvalue weighted by Gasteiger charge is -2.22. The summed E-state index contributed by atoms with van der Waals surface area (Å²) in [6.45, 7) is -0.612. The van der Waals surface area contributed by atoms with E-state index in [2.05, 4.69) is 0 Å². The Morgan fingerprint density at radius 1 is 0.962 bits per heavy atom. The highest BCUT2D eigenvalue weighted by Crippen LogP contribution is 2.44. The summed E-state index contributed by atoms with van der Waals surface area (Å²) in [5.74, 6) is -13.2. The Balaban J connectivity index is 2.57. The zero-order valence-electron chi connectivity index (χ0n) is 12.8. The normalized spacial score (nSPS) is 13.3. The topological polar surface area (TPSA) is 75.6 Å². The molecule has 11 heteroatoms. The van der Waals surface area contributed by atoms with Crippen molar-refractivity contribution in [3.8, 4) is 5.75 Å². The molecule has 1 unspecified atom stereocenters. The molecule has 0 aliphatic heterocycles. The highest BCUT2D eigenvalue weighted by Gasteiger charge is 2.40. The van der Waals surface area contributed by atoms with E-state index in [1.54, 1.807) is 0 Å². The Kier molecular flexibility index (Phi) is 5.99. The second-order valence-corrected chi connectivity index (χ2v) is 6.98. The van der Waals surface area contributed by atoms with Gasteiger partial charge in [0.1, 0.15) is 11.1 Å². The lowest BCUT2D eigenvalue weighted by atomic mass is 10.3. The molecule has 0 heterocycles. The maximum absolute atomic E-state index is 14.1. The van der Waals surface area contributed by atoms with Gasteiger partial charge in [0.2, 0.25) is 5.82 Å². The van der Waals surface area contributed by atoms with E-state index < -0.39 is 60.8 Å². The van der Waals surface area contributed by atoms with Gasteiger partial charge in [-0.3, -0.25) is 9.36 Å². The Hall–Kier alpha value is -2.45. The van der Waals surface area contributed by atoms with Crippen LogP contribution in [-0.4, -0.2) is 17.6 Å². The van der Waals surface area contributed by atoms with Crippen molar-refractivity contribution in [3.63, 3.8) is 0 Å². The van der Waals surface area contributed by atoms with E-state index >= 15 is 0 Å². The van der Waals surface area contributed by atoms with Crippen molar-refractivity contribution in [1.29, 1.82) is 0 Å². The number of carboxylic acids is 1. The van der Waals surface area contributed by atoms with Crippen LogP contribution in [-0.2, 0) is 9.36 Å². The number of carbonyl (C=O) groups is 1. The van der Waals surface area contributed by atoms with Gasteiger partial charge in [-0.15, -0.1) is 0 Å². The monoisotopic (exact) mass is 395 g/mol. The number of nitrogens with one attached hydrogen (secondary N) is 1. The number of carboxylic acid groups (broad SMARTS) is 1. The Bertz CT molecular complexity index is 849. The van der Waals surface area contributed by atoms with Crippen molar-refractivity contribution in [2.45, 2.75) is 6.42 Å². The molecular formula is C15H11F5NO4P. The first-order valence-corrected chi connectivity index (χ1v) is 8.63. The third kappa shape index (κ3) is 4.03. The number of halogens is 5. The molecule has 0 spiro atoms. The molecule has 2 aromatic carbocycles. The highest BCUT2D eigenvalue weighted by atomic mass is 31.2. The minimum absolute atomic E-state index is 0.192. The lowest BCUT2D eigenvalue weighted by Crippen LogP contribution is -2.31. The summed E-state index contributed by atoms with van der Waals surface area (Å²) < 4.78 is 86.2. The van der Waals surface area contributed by atoms with Gasteiger partial charge in [-0.25, -0.2) is 27.0 Å². The van der Waals surface area contributed by atoms with Crippen LogP contribution in [0.15, 0.2) is 30.3 Å². The van der Waals surface area contributed by atoms with Crippen LogP contribution in [0.4, 0.5) is 22.0 Å². The average molecular weight is 395 g/mol. The molecular weight excluding hydrogens is 384 g/mol. The predicted octanol–water partition coefficient (Wildman–Crippen LogP) is 3.34. The van der Waals surface area contributed by atoms with Gasteiger partial charge < -0.3 is 9.63 Å². The van der Waals surface area contributed by atoms with E-state index in [4.69, 9.17) is 9.63 Å². The number of benzene rings is 2. The Morgan fingerprint density at radius 3 is 1.96 bits per heavy atom. The standard InChI is InChI=1S/C15H11F5NO4P/c16-10-11(17)13(19)15(14(20)12(10)18)26(24,21-7-6-9(22)23)25-8-4-2-1-3-5-8/h1-5H,6-7H2,(H,21,24)(H,22,23). The van der Waals surface area contributed by atoms with Gasteiger partial charge in [0.05, 0.1) is 6.42 Å². The molecule has 0 fully saturated rings. The molecule has 0 aliphatic rings. The van der Waals surface area contributed by atoms with Crippen LogP contribution < -0.4 is 14.9 Å². The van der Waals surface area contributed by atoms with Gasteiger partial charge in [0, 0.05) is 6.54 Å². The molecule has 2 rings (SSSR count). The molecule has 0 saturated heterocycles. The molecule has 5 nitrogen and oxygen atoms in total. The Morgan fingerprint density at radius 2 is 1.46 bits per heavy atom. The summed E-state index contributed by atoms with van der Waals surface area (Å²) >= 11 is 0. The number of hydrogen-bond acceptors (Lipinski definition) is 3. The third-order valence-electron chi connectivity index (χ3n) is 3.12. The summed E-state index contributed by atoms with van der Waals surface area (Å²) in [7, 11) is -4.91. The third-order valence-corrected chi connectivity index (χ3v) is 5.21. The van der Waals surface area contributed by atoms with Crippen molar-refractivity contribution in [2.75, 3.05) is 6.54 Å². The molecule has 0 aliphatic carbocycles. The van der Waals surface area contributed by atoms with E-state index in [0.29, 0.717) is 0 Å². The number of para-hydroxylation sites is 1. The van der Waals surface area contributed by atoms with E-state index in [1.807, 2.05) is 5.09 Å². The fourth-order valence-electron chi connectivity index (χ4n) is 1.95. The minimum atomic E-state index is -4.91. The van der Waals surface area contributed by atoms with Gasteiger partial charge in [-0.1, -0.05) is 18.2 Å². The molecule has 2 N–H and O–H groups in total. The number of rotatable bonds is 7. The summed E-state index contributed by atoms with van der Waals surface area (Å²) in [5, 5.41) is 8.89. The van der Waals surface area contributed by atoms with Gasteiger partial charge >= 0.3 is 13.5 Å². The van der Waals surface area contributed by atoms with E-state index in [1.165, 1.54) is 30.3 Å². The zero-order chi connectivity index (χ0) is 19.5. The van der Waals surface area contributed by atoms with Crippen LogP contribution in [0.3, 0.4) is 0 Å². The lowest BCUT2D eigenvalue weighted by molar-refractivity contribution is -0.136. The summed E-state index contributed by atoms with van der Waals surface area (Å²) in [6, 6.07) is 6.83. The summed E-state index contributed by atoms with van der Waals surface area (Å²) in [4.78, 5) is 10.6.